The molecule has 0 bridgehead atoms. The zero-order valence-corrected chi connectivity index (χ0v) is 12.7. The molecule has 2 aromatic rings. The highest BCUT2D eigenvalue weighted by atomic mass is 15.1. The average Bonchev–Trinajstić information content (AvgIpc) is 2.57. The van der Waals surface area contributed by atoms with E-state index in [4.69, 9.17) is 5.73 Å². The Morgan fingerprint density at radius 1 is 1.15 bits per heavy atom. The molecule has 2 N–H and O–H groups in total. The molecule has 0 saturated heterocycles. The summed E-state index contributed by atoms with van der Waals surface area (Å²) in [7, 11) is 0. The molecule has 1 saturated carbocycles. The van der Waals surface area contributed by atoms with Crippen LogP contribution in [0.3, 0.4) is 0 Å². The maximum atomic E-state index is 6.06. The number of aryl methyl sites for hydroxylation is 1. The van der Waals surface area contributed by atoms with Crippen molar-refractivity contribution in [3.63, 3.8) is 0 Å². The van der Waals surface area contributed by atoms with Crippen LogP contribution in [0.5, 0.6) is 0 Å². The van der Waals surface area contributed by atoms with E-state index < -0.39 is 0 Å². The summed E-state index contributed by atoms with van der Waals surface area (Å²) in [5.74, 6) is 1.46. The van der Waals surface area contributed by atoms with Crippen molar-refractivity contribution in [1.82, 2.24) is 14.5 Å². The summed E-state index contributed by atoms with van der Waals surface area (Å²) in [5, 5.41) is 1.04. The molecule has 3 rings (SSSR count). The fourth-order valence-corrected chi connectivity index (χ4v) is 3.62. The Morgan fingerprint density at radius 3 is 2.75 bits per heavy atom. The average molecular weight is 272 g/mol. The Bertz CT molecular complexity index is 629. The predicted octanol–water partition coefficient (Wildman–Crippen LogP) is 3.77. The number of nitrogens with zero attached hydrogens (tertiary/aromatic N) is 3. The highest BCUT2D eigenvalue weighted by Gasteiger charge is 2.23. The molecule has 2 atom stereocenters. The van der Waals surface area contributed by atoms with Gasteiger partial charge in [-0.15, -0.1) is 0 Å². The summed E-state index contributed by atoms with van der Waals surface area (Å²) >= 11 is 0. The second-order valence-electron chi connectivity index (χ2n) is 6.31. The number of rotatable bonds is 1. The summed E-state index contributed by atoms with van der Waals surface area (Å²) in [6, 6.07) is 0.561. The lowest BCUT2D eigenvalue weighted by molar-refractivity contribution is 0.435. The maximum absolute atomic E-state index is 6.06. The van der Waals surface area contributed by atoms with Crippen molar-refractivity contribution in [2.75, 3.05) is 5.73 Å². The van der Waals surface area contributed by atoms with Crippen LogP contribution in [0.15, 0.2) is 6.33 Å². The SMILES string of the molecule is Cc1c(C)n(C2CCCC(C)CC2)c2ncnc(N)c12. The fraction of sp³-hybridized carbons (Fsp3) is 0.625. The van der Waals surface area contributed by atoms with E-state index in [1.165, 1.54) is 43.4 Å². The standard InChI is InChI=1S/C16H24N4/c1-10-5-4-6-13(8-7-10)20-12(3)11(2)14-15(17)18-9-19-16(14)20/h9-10,13H,4-8H2,1-3H3,(H2,17,18,19). The van der Waals surface area contributed by atoms with E-state index >= 15 is 0 Å². The lowest BCUT2D eigenvalue weighted by Crippen LogP contribution is -2.11. The number of aromatic nitrogens is 3. The van der Waals surface area contributed by atoms with Crippen molar-refractivity contribution in [2.45, 2.75) is 58.9 Å². The number of fused-ring (bicyclic) bond motifs is 1. The van der Waals surface area contributed by atoms with Crippen molar-refractivity contribution in [1.29, 1.82) is 0 Å². The smallest absolute Gasteiger partial charge is 0.146 e. The number of anilines is 1. The molecule has 4 nitrogen and oxygen atoms in total. The van der Waals surface area contributed by atoms with Gasteiger partial charge in [-0.05, 0) is 44.6 Å². The van der Waals surface area contributed by atoms with Gasteiger partial charge in [-0.1, -0.05) is 19.8 Å². The quantitative estimate of drug-likeness (QED) is 0.804. The zero-order valence-electron chi connectivity index (χ0n) is 12.7. The highest BCUT2D eigenvalue weighted by molar-refractivity contribution is 5.90. The lowest BCUT2D eigenvalue weighted by atomic mass is 10.0. The van der Waals surface area contributed by atoms with Gasteiger partial charge >= 0.3 is 0 Å². The van der Waals surface area contributed by atoms with Gasteiger partial charge in [-0.25, -0.2) is 9.97 Å². The predicted molar refractivity (Wildman–Crippen MR) is 82.7 cm³/mol. The third-order valence-corrected chi connectivity index (χ3v) is 4.96. The highest BCUT2D eigenvalue weighted by Crippen LogP contribution is 2.36. The van der Waals surface area contributed by atoms with Crippen LogP contribution in [0, 0.1) is 19.8 Å². The Balaban J connectivity index is 2.11. The van der Waals surface area contributed by atoms with E-state index in [0.29, 0.717) is 11.9 Å². The Hall–Kier alpha value is -1.58. The summed E-state index contributed by atoms with van der Waals surface area (Å²) in [6.07, 6.45) is 8.05. The van der Waals surface area contributed by atoms with E-state index in [2.05, 4.69) is 35.3 Å². The molecule has 1 aliphatic rings. The van der Waals surface area contributed by atoms with Gasteiger partial charge in [0.05, 0.1) is 5.39 Å². The molecule has 0 radical (unpaired) electrons. The van der Waals surface area contributed by atoms with Crippen LogP contribution in [0.4, 0.5) is 5.82 Å². The van der Waals surface area contributed by atoms with Gasteiger partial charge in [0.1, 0.15) is 17.8 Å². The number of hydrogen-bond donors (Lipinski definition) is 1. The lowest BCUT2D eigenvalue weighted by Gasteiger charge is -2.19. The normalized spacial score (nSPS) is 23.9. The molecule has 20 heavy (non-hydrogen) atoms. The number of nitrogens with two attached hydrogens (primary N) is 1. The minimum absolute atomic E-state index is 0.561. The Labute approximate surface area is 120 Å². The molecular formula is C16H24N4. The molecule has 1 fully saturated rings. The van der Waals surface area contributed by atoms with E-state index in [1.807, 2.05) is 0 Å². The molecule has 0 spiro atoms. The minimum Gasteiger partial charge on any atom is -0.383 e. The van der Waals surface area contributed by atoms with Gasteiger partial charge in [-0.2, -0.15) is 0 Å². The summed E-state index contributed by atoms with van der Waals surface area (Å²) in [6.45, 7) is 6.69. The number of hydrogen-bond acceptors (Lipinski definition) is 3. The second kappa shape index (κ2) is 5.08. The maximum Gasteiger partial charge on any atom is 0.146 e. The Morgan fingerprint density at radius 2 is 1.95 bits per heavy atom. The summed E-state index contributed by atoms with van der Waals surface area (Å²) < 4.78 is 2.42. The molecule has 4 heteroatoms. The molecule has 2 aromatic heterocycles. The van der Waals surface area contributed by atoms with Crippen LogP contribution >= 0.6 is 0 Å². The van der Waals surface area contributed by atoms with Crippen LogP contribution in [0.2, 0.25) is 0 Å². The van der Waals surface area contributed by atoms with Gasteiger partial charge in [0.25, 0.3) is 0 Å². The third kappa shape index (κ3) is 2.07. The van der Waals surface area contributed by atoms with E-state index in [0.717, 1.165) is 17.0 Å². The summed E-state index contributed by atoms with van der Waals surface area (Å²) in [5.41, 5.74) is 9.61. The van der Waals surface area contributed by atoms with Gasteiger partial charge in [0.15, 0.2) is 0 Å². The van der Waals surface area contributed by atoms with Gasteiger partial charge in [0, 0.05) is 11.7 Å². The molecule has 0 aromatic carbocycles. The first-order chi connectivity index (χ1) is 9.59. The largest absolute Gasteiger partial charge is 0.383 e. The molecule has 0 aliphatic heterocycles. The second-order valence-corrected chi connectivity index (χ2v) is 6.31. The van der Waals surface area contributed by atoms with Crippen molar-refractivity contribution in [2.24, 2.45) is 5.92 Å². The van der Waals surface area contributed by atoms with Gasteiger partial charge in [-0.3, -0.25) is 0 Å². The number of nitrogen functional groups attached to an aromatic ring is 1. The summed E-state index contributed by atoms with van der Waals surface area (Å²) in [4.78, 5) is 8.67. The fourth-order valence-electron chi connectivity index (χ4n) is 3.62. The Kier molecular flexibility index (Phi) is 3.40. The first-order valence-electron chi connectivity index (χ1n) is 7.67. The van der Waals surface area contributed by atoms with E-state index in [-0.39, 0.29) is 0 Å². The molecule has 108 valence electrons. The van der Waals surface area contributed by atoms with Crippen LogP contribution in [0.25, 0.3) is 11.0 Å². The van der Waals surface area contributed by atoms with Crippen LogP contribution < -0.4 is 5.73 Å². The topological polar surface area (TPSA) is 56.7 Å². The van der Waals surface area contributed by atoms with E-state index in [9.17, 15) is 0 Å². The molecule has 0 amide bonds. The molecule has 2 unspecified atom stereocenters. The molecular weight excluding hydrogens is 248 g/mol. The van der Waals surface area contributed by atoms with Crippen LogP contribution in [0.1, 0.15) is 56.3 Å². The van der Waals surface area contributed by atoms with Gasteiger partial charge < -0.3 is 10.3 Å². The van der Waals surface area contributed by atoms with Crippen molar-refractivity contribution in [3.8, 4) is 0 Å². The van der Waals surface area contributed by atoms with Crippen LogP contribution in [-0.4, -0.2) is 14.5 Å². The van der Waals surface area contributed by atoms with Gasteiger partial charge in [0.2, 0.25) is 0 Å². The van der Waals surface area contributed by atoms with Crippen molar-refractivity contribution < 1.29 is 0 Å². The monoisotopic (exact) mass is 272 g/mol. The molecule has 1 aliphatic carbocycles. The van der Waals surface area contributed by atoms with E-state index in [1.54, 1.807) is 6.33 Å². The van der Waals surface area contributed by atoms with Crippen molar-refractivity contribution in [3.05, 3.63) is 17.6 Å². The first-order valence-corrected chi connectivity index (χ1v) is 7.67. The minimum atomic E-state index is 0.561. The zero-order chi connectivity index (χ0) is 14.3. The molecule has 2 heterocycles. The third-order valence-electron chi connectivity index (χ3n) is 4.96. The first kappa shape index (κ1) is 13.4. The van der Waals surface area contributed by atoms with Crippen molar-refractivity contribution >= 4 is 16.9 Å². The van der Waals surface area contributed by atoms with Crippen LogP contribution in [-0.2, 0) is 0 Å².